The van der Waals surface area contributed by atoms with Crippen molar-refractivity contribution in [3.8, 4) is 11.1 Å². The maximum absolute atomic E-state index is 12.6. The number of rotatable bonds is 24. The fourth-order valence-corrected chi connectivity index (χ4v) is 6.81. The highest BCUT2D eigenvalue weighted by molar-refractivity contribution is 7.99. The van der Waals surface area contributed by atoms with Crippen molar-refractivity contribution in [3.63, 3.8) is 0 Å². The molecule has 3 rings (SSSR count). The first kappa shape index (κ1) is 35.7. The summed E-state index contributed by atoms with van der Waals surface area (Å²) < 4.78 is 10.9. The van der Waals surface area contributed by atoms with Crippen LogP contribution in [0.2, 0.25) is 0 Å². The summed E-state index contributed by atoms with van der Waals surface area (Å²) in [6.07, 6.45) is 16.7. The second kappa shape index (κ2) is 21.0. The lowest BCUT2D eigenvalue weighted by Gasteiger charge is -2.16. The molecule has 2 aromatic rings. The van der Waals surface area contributed by atoms with Gasteiger partial charge in [0, 0.05) is 23.8 Å². The number of fused-ring (bicyclic) bond motifs is 3. The standard InChI is InChI=1S/C37H52O6S/c1-2-3-4-5-6-7-8-9-10-11-12-13-14-23-35(38)42-24-25-44-28-29(37(40)41)26-36(39)43-27-34-32-21-17-15-19-30(32)31-20-16-18-22-33(31)34/h15-22,29,34H,2-14,23-28H2,1H3,(H,40,41). The smallest absolute Gasteiger partial charge is 0.307 e. The maximum Gasteiger partial charge on any atom is 0.307 e. The molecule has 1 unspecified atom stereocenters. The number of carbonyl (C=O) groups is 3. The molecular weight excluding hydrogens is 572 g/mol. The molecule has 0 saturated carbocycles. The number of unbranched alkanes of at least 4 members (excludes halogenated alkanes) is 12. The largest absolute Gasteiger partial charge is 0.481 e. The van der Waals surface area contributed by atoms with Crippen molar-refractivity contribution in [3.05, 3.63) is 59.7 Å². The van der Waals surface area contributed by atoms with Gasteiger partial charge in [0.15, 0.2) is 0 Å². The van der Waals surface area contributed by atoms with Crippen LogP contribution in [0.4, 0.5) is 0 Å². The molecule has 0 amide bonds. The van der Waals surface area contributed by atoms with Crippen molar-refractivity contribution in [2.24, 2.45) is 5.92 Å². The molecule has 0 saturated heterocycles. The Morgan fingerprint density at radius 2 is 1.25 bits per heavy atom. The topological polar surface area (TPSA) is 89.9 Å². The summed E-state index contributed by atoms with van der Waals surface area (Å²) in [5, 5.41) is 9.65. The van der Waals surface area contributed by atoms with Gasteiger partial charge in [0.2, 0.25) is 0 Å². The van der Waals surface area contributed by atoms with Crippen LogP contribution in [0, 0.1) is 5.92 Å². The van der Waals surface area contributed by atoms with Crippen LogP contribution in [0.3, 0.4) is 0 Å². The van der Waals surface area contributed by atoms with E-state index in [2.05, 4.69) is 31.2 Å². The molecule has 0 aliphatic heterocycles. The molecule has 0 bridgehead atoms. The van der Waals surface area contributed by atoms with E-state index < -0.39 is 17.9 Å². The van der Waals surface area contributed by atoms with Gasteiger partial charge in [-0.15, -0.1) is 0 Å². The number of carbonyl (C=O) groups excluding carboxylic acids is 2. The molecule has 1 N–H and O–H groups in total. The lowest BCUT2D eigenvalue weighted by atomic mass is 9.98. The molecule has 0 radical (unpaired) electrons. The predicted octanol–water partition coefficient (Wildman–Crippen LogP) is 9.19. The van der Waals surface area contributed by atoms with Crippen molar-refractivity contribution in [2.75, 3.05) is 24.7 Å². The fraction of sp³-hybridized carbons (Fsp3) is 0.595. The van der Waals surface area contributed by atoms with Gasteiger partial charge in [0.05, 0.1) is 12.3 Å². The highest BCUT2D eigenvalue weighted by Gasteiger charge is 2.30. The number of aliphatic carboxylic acids is 1. The highest BCUT2D eigenvalue weighted by atomic mass is 32.2. The van der Waals surface area contributed by atoms with Crippen molar-refractivity contribution < 1.29 is 29.0 Å². The molecule has 1 atom stereocenters. The number of ether oxygens (including phenoxy) is 2. The van der Waals surface area contributed by atoms with Gasteiger partial charge in [0.1, 0.15) is 13.2 Å². The van der Waals surface area contributed by atoms with Gasteiger partial charge in [0.25, 0.3) is 0 Å². The first-order valence-corrected chi connectivity index (χ1v) is 18.0. The Bertz CT molecular complexity index is 1100. The molecule has 242 valence electrons. The summed E-state index contributed by atoms with van der Waals surface area (Å²) in [5.41, 5.74) is 4.54. The van der Waals surface area contributed by atoms with Crippen LogP contribution < -0.4 is 0 Å². The summed E-state index contributed by atoms with van der Waals surface area (Å²) in [6.45, 7) is 2.69. The van der Waals surface area contributed by atoms with Crippen LogP contribution in [-0.2, 0) is 23.9 Å². The number of esters is 2. The zero-order valence-electron chi connectivity index (χ0n) is 26.6. The van der Waals surface area contributed by atoms with Gasteiger partial charge in [-0.05, 0) is 28.7 Å². The van der Waals surface area contributed by atoms with E-state index in [1.165, 1.54) is 82.4 Å². The van der Waals surface area contributed by atoms with Crippen molar-refractivity contribution >= 4 is 29.7 Å². The molecule has 7 heteroatoms. The van der Waals surface area contributed by atoms with Crippen molar-refractivity contribution in [2.45, 2.75) is 109 Å². The number of hydrogen-bond acceptors (Lipinski definition) is 6. The van der Waals surface area contributed by atoms with Crippen LogP contribution in [-0.4, -0.2) is 47.7 Å². The zero-order chi connectivity index (χ0) is 31.4. The van der Waals surface area contributed by atoms with E-state index in [1.807, 2.05) is 24.3 Å². The average molecular weight is 625 g/mol. The Labute approximate surface area is 268 Å². The van der Waals surface area contributed by atoms with E-state index in [4.69, 9.17) is 9.47 Å². The monoisotopic (exact) mass is 624 g/mol. The van der Waals surface area contributed by atoms with Crippen LogP contribution in [0.25, 0.3) is 11.1 Å². The van der Waals surface area contributed by atoms with Crippen molar-refractivity contribution in [1.29, 1.82) is 0 Å². The van der Waals surface area contributed by atoms with Gasteiger partial charge in [-0.25, -0.2) is 0 Å². The minimum absolute atomic E-state index is 0.0570. The van der Waals surface area contributed by atoms with Crippen LogP contribution in [0.15, 0.2) is 48.5 Å². The maximum atomic E-state index is 12.6. The average Bonchev–Trinajstić information content (AvgIpc) is 3.35. The van der Waals surface area contributed by atoms with E-state index in [1.54, 1.807) is 0 Å². The minimum atomic E-state index is -1.02. The summed E-state index contributed by atoms with van der Waals surface area (Å²) in [7, 11) is 0. The third kappa shape index (κ3) is 12.7. The molecular formula is C37H52O6S. The molecule has 44 heavy (non-hydrogen) atoms. The molecule has 1 aliphatic carbocycles. The lowest BCUT2D eigenvalue weighted by molar-refractivity contribution is -0.151. The van der Waals surface area contributed by atoms with Crippen LogP contribution >= 0.6 is 11.8 Å². The molecule has 1 aliphatic rings. The fourth-order valence-electron chi connectivity index (χ4n) is 5.89. The van der Waals surface area contributed by atoms with Gasteiger partial charge in [-0.1, -0.05) is 133 Å². The second-order valence-electron chi connectivity index (χ2n) is 11.9. The third-order valence-electron chi connectivity index (χ3n) is 8.43. The molecule has 0 fully saturated rings. The Morgan fingerprint density at radius 3 is 1.80 bits per heavy atom. The number of carboxylic acid groups (broad SMARTS) is 1. The molecule has 2 aromatic carbocycles. The van der Waals surface area contributed by atoms with Crippen LogP contribution in [0.1, 0.15) is 120 Å². The second-order valence-corrected chi connectivity index (χ2v) is 13.1. The van der Waals surface area contributed by atoms with E-state index in [-0.39, 0.29) is 37.3 Å². The summed E-state index contributed by atoms with van der Waals surface area (Å²) in [5.74, 6) is -1.87. The SMILES string of the molecule is CCCCCCCCCCCCCCCC(=O)OCCSCC(CC(=O)OCC1c2ccccc2-c2ccccc21)C(=O)O. The lowest BCUT2D eigenvalue weighted by Crippen LogP contribution is -2.23. The number of thioether (sulfide) groups is 1. The van der Waals surface area contributed by atoms with Gasteiger partial charge in [-0.2, -0.15) is 11.8 Å². The van der Waals surface area contributed by atoms with Gasteiger partial charge >= 0.3 is 17.9 Å². The van der Waals surface area contributed by atoms with E-state index >= 15 is 0 Å². The van der Waals surface area contributed by atoms with E-state index in [0.29, 0.717) is 12.2 Å². The third-order valence-corrected chi connectivity index (χ3v) is 9.52. The first-order valence-electron chi connectivity index (χ1n) is 16.8. The van der Waals surface area contributed by atoms with Gasteiger partial charge < -0.3 is 14.6 Å². The Morgan fingerprint density at radius 1 is 0.727 bits per heavy atom. The quantitative estimate of drug-likeness (QED) is 0.0920. The number of carboxylic acids is 1. The summed E-state index contributed by atoms with van der Waals surface area (Å²) in [4.78, 5) is 36.5. The summed E-state index contributed by atoms with van der Waals surface area (Å²) >= 11 is 1.38. The predicted molar refractivity (Wildman–Crippen MR) is 179 cm³/mol. The zero-order valence-corrected chi connectivity index (χ0v) is 27.4. The number of benzene rings is 2. The van der Waals surface area contributed by atoms with E-state index in [0.717, 1.165) is 35.1 Å². The van der Waals surface area contributed by atoms with E-state index in [9.17, 15) is 19.5 Å². The van der Waals surface area contributed by atoms with Gasteiger partial charge in [-0.3, -0.25) is 14.4 Å². The van der Waals surface area contributed by atoms with Crippen molar-refractivity contribution in [1.82, 2.24) is 0 Å². The van der Waals surface area contributed by atoms with Crippen LogP contribution in [0.5, 0.6) is 0 Å². The number of hydrogen-bond donors (Lipinski definition) is 1. The summed E-state index contributed by atoms with van der Waals surface area (Å²) in [6, 6.07) is 16.2. The molecule has 0 heterocycles. The molecule has 0 aromatic heterocycles. The normalized spacial score (nSPS) is 12.8. The molecule has 0 spiro atoms. The Balaban J connectivity index is 1.21. The Hall–Kier alpha value is -2.80. The first-order chi connectivity index (χ1) is 21.5. The highest BCUT2D eigenvalue weighted by Crippen LogP contribution is 2.44. The Kier molecular flexibility index (Phi) is 17.1. The minimum Gasteiger partial charge on any atom is -0.481 e. The molecule has 6 nitrogen and oxygen atoms in total.